The van der Waals surface area contributed by atoms with Gasteiger partial charge in [0, 0.05) is 10.8 Å². The smallest absolute Gasteiger partial charge is 0.122 e. The Bertz CT molecular complexity index is 2580. The molecule has 2 heterocycles. The Labute approximate surface area is 465 Å². The maximum Gasteiger partial charge on any atom is 0.122 e. The summed E-state index contributed by atoms with van der Waals surface area (Å²) in [6.07, 6.45) is 25.0. The van der Waals surface area contributed by atoms with Crippen molar-refractivity contribution in [2.24, 2.45) is 11.8 Å². The summed E-state index contributed by atoms with van der Waals surface area (Å²) in [5.41, 5.74) is 10.1. The summed E-state index contributed by atoms with van der Waals surface area (Å²) >= 11 is 0. The number of aliphatic hydroxyl groups is 1. The van der Waals surface area contributed by atoms with E-state index in [2.05, 4.69) is 146 Å². The van der Waals surface area contributed by atoms with E-state index in [1.54, 1.807) is 0 Å². The van der Waals surface area contributed by atoms with Crippen LogP contribution in [0.3, 0.4) is 0 Å². The van der Waals surface area contributed by atoms with E-state index in [0.29, 0.717) is 36.9 Å². The molecular formula is C71H84O7. The summed E-state index contributed by atoms with van der Waals surface area (Å²) in [5.74, 6) is 5.40. The summed E-state index contributed by atoms with van der Waals surface area (Å²) in [5, 5.41) is 11.4. The minimum atomic E-state index is -0.822. The van der Waals surface area contributed by atoms with Gasteiger partial charge in [-0.1, -0.05) is 174 Å². The third-order valence-corrected chi connectivity index (χ3v) is 19.1. The molecule has 0 bridgehead atoms. The van der Waals surface area contributed by atoms with Crippen molar-refractivity contribution in [1.82, 2.24) is 0 Å². The molecule has 7 nitrogen and oxygen atoms in total. The fourth-order valence-corrected chi connectivity index (χ4v) is 14.8. The quantitative estimate of drug-likeness (QED) is 0.0536. The van der Waals surface area contributed by atoms with E-state index >= 15 is 0 Å². The topological polar surface area (TPSA) is 82.2 Å². The zero-order valence-corrected chi connectivity index (χ0v) is 46.2. The molecule has 12 rings (SSSR count). The van der Waals surface area contributed by atoms with Gasteiger partial charge >= 0.3 is 0 Å². The maximum atomic E-state index is 11.4. The Kier molecular flexibility index (Phi) is 16.9. The monoisotopic (exact) mass is 1050 g/mol. The molecule has 4 saturated carbocycles. The molecule has 2 saturated heterocycles. The summed E-state index contributed by atoms with van der Waals surface area (Å²) in [6, 6.07) is 55.0. The first-order chi connectivity index (χ1) is 38.5. The van der Waals surface area contributed by atoms with Crippen LogP contribution in [0.2, 0.25) is 0 Å². The Hall–Kier alpha value is -5.60. The van der Waals surface area contributed by atoms with E-state index in [9.17, 15) is 5.11 Å². The van der Waals surface area contributed by atoms with Crippen LogP contribution in [0.4, 0.5) is 0 Å². The number of ether oxygens (including phenoxy) is 6. The average molecular weight is 1050 g/mol. The summed E-state index contributed by atoms with van der Waals surface area (Å²) in [7, 11) is 0. The Morgan fingerprint density at radius 3 is 0.885 bits per heavy atom. The van der Waals surface area contributed by atoms with Gasteiger partial charge in [0.15, 0.2) is 0 Å². The van der Waals surface area contributed by atoms with Crippen LogP contribution in [0.1, 0.15) is 185 Å². The van der Waals surface area contributed by atoms with Gasteiger partial charge in [0.25, 0.3) is 0 Å². The lowest BCUT2D eigenvalue weighted by Gasteiger charge is -2.45. The summed E-state index contributed by atoms with van der Waals surface area (Å²) < 4.78 is 36.0. The van der Waals surface area contributed by atoms with Gasteiger partial charge in [-0.05, 0) is 168 Å². The van der Waals surface area contributed by atoms with Crippen molar-refractivity contribution < 1.29 is 33.5 Å². The zero-order chi connectivity index (χ0) is 52.6. The number of hydrogen-bond acceptors (Lipinski definition) is 7. The lowest BCUT2D eigenvalue weighted by atomic mass is 9.58. The maximum absolute atomic E-state index is 11.4. The van der Waals surface area contributed by atoms with E-state index in [4.69, 9.17) is 28.4 Å². The van der Waals surface area contributed by atoms with Crippen LogP contribution in [-0.4, -0.2) is 63.1 Å². The first-order valence-electron chi connectivity index (χ1n) is 30.6. The van der Waals surface area contributed by atoms with Crippen LogP contribution < -0.4 is 18.9 Å². The first-order valence-corrected chi connectivity index (χ1v) is 30.6. The normalized spacial score (nSPS) is 22.4. The molecule has 7 heteroatoms. The van der Waals surface area contributed by atoms with Gasteiger partial charge < -0.3 is 33.5 Å². The zero-order valence-electron chi connectivity index (χ0n) is 46.2. The molecule has 78 heavy (non-hydrogen) atoms. The molecule has 4 unspecified atom stereocenters. The Morgan fingerprint density at radius 2 is 0.603 bits per heavy atom. The second-order valence-corrected chi connectivity index (χ2v) is 24.1. The van der Waals surface area contributed by atoms with E-state index in [-0.39, 0.29) is 36.3 Å². The van der Waals surface area contributed by atoms with E-state index in [1.807, 2.05) is 0 Å². The molecule has 6 aliphatic rings. The third kappa shape index (κ3) is 12.0. The minimum absolute atomic E-state index is 0.121. The van der Waals surface area contributed by atoms with Crippen LogP contribution in [0.5, 0.6) is 23.0 Å². The minimum Gasteiger partial charge on any atom is -0.491 e. The largest absolute Gasteiger partial charge is 0.491 e. The van der Waals surface area contributed by atoms with Crippen LogP contribution in [0, 0.1) is 11.8 Å². The molecule has 6 aromatic rings. The molecule has 2 aliphatic heterocycles. The SMILES string of the molecule is OC(COc1ccc(C(c2ccc(OCC3CO3)cc2)(c2ccc(C3CCCCC3)cc2)C2CCCCC2)cc1)COc1ccc(C(c2ccc(OCC3CO3)cc2)(c2ccc(C3CCCCC3)cc2)C2CCCCC2)cc1. The highest BCUT2D eigenvalue weighted by molar-refractivity contribution is 5.56. The van der Waals surface area contributed by atoms with Gasteiger partial charge in [0.05, 0.1) is 13.2 Å². The molecule has 6 aromatic carbocycles. The fourth-order valence-electron chi connectivity index (χ4n) is 14.8. The molecule has 4 aliphatic carbocycles. The predicted molar refractivity (Wildman–Crippen MR) is 311 cm³/mol. The van der Waals surface area contributed by atoms with Gasteiger partial charge in [-0.15, -0.1) is 0 Å². The first kappa shape index (κ1) is 53.1. The van der Waals surface area contributed by atoms with Gasteiger partial charge in [-0.3, -0.25) is 0 Å². The molecule has 0 aromatic heterocycles. The van der Waals surface area contributed by atoms with Gasteiger partial charge in [0.2, 0.25) is 0 Å². The van der Waals surface area contributed by atoms with Crippen LogP contribution in [0.25, 0.3) is 0 Å². The molecule has 0 amide bonds. The van der Waals surface area contributed by atoms with Crippen molar-refractivity contribution >= 4 is 0 Å². The predicted octanol–water partition coefficient (Wildman–Crippen LogP) is 16.0. The van der Waals surface area contributed by atoms with Gasteiger partial charge in [-0.25, -0.2) is 0 Å². The summed E-state index contributed by atoms with van der Waals surface area (Å²) in [4.78, 5) is 0. The standard InChI is InChI=1S/C71H84O7/c72-63(45-73-64-37-29-59(30-38-64)70(55-17-9-3-10-18-55,61-33-41-66(42-34-61)75-47-68-49-77-68)57-25-21-53(22-26-57)51-13-5-1-6-14-51)46-74-65-39-31-60(32-40-65)71(56-19-11-4-12-20-56,62-35-43-67(44-36-62)76-48-69-50-78-69)58-27-23-54(24-28-58)52-15-7-2-8-16-52/h21-44,51-52,55-56,63,68-69,72H,1-20,45-50H2. The molecule has 4 atom stereocenters. The Morgan fingerprint density at radius 1 is 0.346 bits per heavy atom. The highest BCUT2D eigenvalue weighted by atomic mass is 16.6. The number of hydrogen-bond donors (Lipinski definition) is 1. The van der Waals surface area contributed by atoms with Crippen molar-refractivity contribution in [2.45, 2.75) is 169 Å². The third-order valence-electron chi connectivity index (χ3n) is 19.1. The fraction of sp³-hybridized carbons (Fsp3) is 0.493. The van der Waals surface area contributed by atoms with Crippen LogP contribution in [-0.2, 0) is 20.3 Å². The van der Waals surface area contributed by atoms with E-state index in [1.165, 1.54) is 173 Å². The highest BCUT2D eigenvalue weighted by Gasteiger charge is 2.46. The van der Waals surface area contributed by atoms with Crippen molar-refractivity contribution in [2.75, 3.05) is 39.6 Å². The molecule has 6 fully saturated rings. The van der Waals surface area contributed by atoms with Crippen molar-refractivity contribution in [1.29, 1.82) is 0 Å². The van der Waals surface area contributed by atoms with Gasteiger partial charge in [0.1, 0.15) is 67.7 Å². The second kappa shape index (κ2) is 24.8. The van der Waals surface area contributed by atoms with Crippen molar-refractivity contribution in [3.05, 3.63) is 190 Å². The number of benzene rings is 6. The van der Waals surface area contributed by atoms with Crippen LogP contribution in [0.15, 0.2) is 146 Å². The van der Waals surface area contributed by atoms with Crippen molar-refractivity contribution in [3.8, 4) is 23.0 Å². The number of aliphatic hydroxyl groups excluding tert-OH is 1. The number of rotatable bonds is 22. The lowest BCUT2D eigenvalue weighted by molar-refractivity contribution is 0.0626. The van der Waals surface area contributed by atoms with E-state index < -0.39 is 6.10 Å². The molecule has 1 N–H and O–H groups in total. The molecule has 410 valence electrons. The number of epoxide rings is 2. The van der Waals surface area contributed by atoms with Crippen LogP contribution >= 0.6 is 0 Å². The second-order valence-electron chi connectivity index (χ2n) is 24.1. The highest BCUT2D eigenvalue weighted by Crippen LogP contribution is 2.53. The average Bonchev–Trinajstić information content (AvgIpc) is 4.49. The van der Waals surface area contributed by atoms with Gasteiger partial charge in [-0.2, -0.15) is 0 Å². The summed E-state index contributed by atoms with van der Waals surface area (Å²) in [6.45, 7) is 2.99. The van der Waals surface area contributed by atoms with Crippen molar-refractivity contribution in [3.63, 3.8) is 0 Å². The lowest BCUT2D eigenvalue weighted by Crippen LogP contribution is -2.39. The Balaban J connectivity index is 0.768. The molecular weight excluding hydrogens is 965 g/mol. The molecule has 0 spiro atoms. The van der Waals surface area contributed by atoms with E-state index in [0.717, 1.165) is 36.2 Å². The molecule has 0 radical (unpaired) electrons.